The number of hydrogen-bond acceptors (Lipinski definition) is 2. The van der Waals surface area contributed by atoms with E-state index in [2.05, 4.69) is 36.1 Å². The average molecular weight is 289 g/mol. The van der Waals surface area contributed by atoms with Gasteiger partial charge in [-0.1, -0.05) is 31.2 Å². The summed E-state index contributed by atoms with van der Waals surface area (Å²) >= 11 is 0. The molecule has 2 rings (SSSR count). The van der Waals surface area contributed by atoms with Crippen molar-refractivity contribution >= 4 is 5.97 Å². The molecule has 0 aromatic heterocycles. The highest BCUT2D eigenvalue weighted by atomic mass is 16.4. The third-order valence-electron chi connectivity index (χ3n) is 4.43. The zero-order valence-corrected chi connectivity index (χ0v) is 13.1. The molecule has 1 aliphatic rings. The molecule has 1 atom stereocenters. The summed E-state index contributed by atoms with van der Waals surface area (Å²) in [5.74, 6) is -0.677. The number of rotatable bonds is 8. The van der Waals surface area contributed by atoms with E-state index in [-0.39, 0.29) is 0 Å². The van der Waals surface area contributed by atoms with Gasteiger partial charge in [0.25, 0.3) is 0 Å². The Morgan fingerprint density at radius 3 is 2.71 bits per heavy atom. The number of hydrogen-bond donors (Lipinski definition) is 1. The molecule has 0 saturated heterocycles. The quantitative estimate of drug-likeness (QED) is 0.745. The lowest BCUT2D eigenvalue weighted by Gasteiger charge is -2.35. The predicted octanol–water partition coefficient (Wildman–Crippen LogP) is 3.51. The molecule has 3 heteroatoms. The minimum atomic E-state index is -0.677. The molecule has 0 heterocycles. The molecule has 0 fully saturated rings. The molecular weight excluding hydrogens is 262 g/mol. The molecule has 0 aliphatic heterocycles. The summed E-state index contributed by atoms with van der Waals surface area (Å²) in [7, 11) is 0. The largest absolute Gasteiger partial charge is 0.481 e. The van der Waals surface area contributed by atoms with Crippen molar-refractivity contribution in [3.05, 3.63) is 35.4 Å². The summed E-state index contributed by atoms with van der Waals surface area (Å²) < 4.78 is 0. The van der Waals surface area contributed by atoms with Crippen molar-refractivity contribution in [3.8, 4) is 0 Å². The topological polar surface area (TPSA) is 40.5 Å². The van der Waals surface area contributed by atoms with E-state index in [1.54, 1.807) is 0 Å². The summed E-state index contributed by atoms with van der Waals surface area (Å²) in [5, 5.41) is 8.73. The number of carbonyl (C=O) groups is 1. The van der Waals surface area contributed by atoms with Gasteiger partial charge in [0.15, 0.2) is 0 Å². The molecule has 1 aliphatic carbocycles. The number of benzene rings is 1. The molecule has 0 spiro atoms. The van der Waals surface area contributed by atoms with E-state index in [9.17, 15) is 4.79 Å². The van der Waals surface area contributed by atoms with Gasteiger partial charge in [0.05, 0.1) is 0 Å². The predicted molar refractivity (Wildman–Crippen MR) is 85.6 cm³/mol. The van der Waals surface area contributed by atoms with Crippen molar-refractivity contribution in [1.29, 1.82) is 0 Å². The SMILES string of the molecule is CCCN(CCCCC(=O)O)C1CCc2ccccc2C1. The first kappa shape index (κ1) is 16.0. The van der Waals surface area contributed by atoms with Gasteiger partial charge in [-0.05, 0) is 62.7 Å². The molecule has 0 bridgehead atoms. The fourth-order valence-corrected chi connectivity index (χ4v) is 3.35. The highest BCUT2D eigenvalue weighted by Crippen LogP contribution is 2.25. The van der Waals surface area contributed by atoms with Crippen LogP contribution in [-0.4, -0.2) is 35.1 Å². The van der Waals surface area contributed by atoms with E-state index in [1.807, 2.05) is 0 Å². The Hall–Kier alpha value is -1.35. The van der Waals surface area contributed by atoms with Crippen molar-refractivity contribution in [1.82, 2.24) is 4.90 Å². The van der Waals surface area contributed by atoms with E-state index in [0.29, 0.717) is 12.5 Å². The first-order valence-corrected chi connectivity index (χ1v) is 8.23. The molecule has 1 N–H and O–H groups in total. The fourth-order valence-electron chi connectivity index (χ4n) is 3.35. The number of fused-ring (bicyclic) bond motifs is 1. The Bertz CT molecular complexity index is 458. The lowest BCUT2D eigenvalue weighted by atomic mass is 9.87. The number of nitrogens with zero attached hydrogens (tertiary/aromatic N) is 1. The van der Waals surface area contributed by atoms with Crippen molar-refractivity contribution in [2.75, 3.05) is 13.1 Å². The maximum atomic E-state index is 10.6. The number of carboxylic acid groups (broad SMARTS) is 1. The smallest absolute Gasteiger partial charge is 0.303 e. The van der Waals surface area contributed by atoms with Crippen LogP contribution in [0.4, 0.5) is 0 Å². The maximum Gasteiger partial charge on any atom is 0.303 e. The first-order valence-electron chi connectivity index (χ1n) is 8.23. The van der Waals surface area contributed by atoms with Crippen LogP contribution in [0.15, 0.2) is 24.3 Å². The van der Waals surface area contributed by atoms with Gasteiger partial charge in [0, 0.05) is 12.5 Å². The Morgan fingerprint density at radius 2 is 2.00 bits per heavy atom. The lowest BCUT2D eigenvalue weighted by Crippen LogP contribution is -2.40. The van der Waals surface area contributed by atoms with Gasteiger partial charge in [-0.3, -0.25) is 4.79 Å². The van der Waals surface area contributed by atoms with Crippen molar-refractivity contribution in [2.24, 2.45) is 0 Å². The number of aliphatic carboxylic acids is 1. The van der Waals surface area contributed by atoms with Gasteiger partial charge in [0.1, 0.15) is 0 Å². The molecule has 21 heavy (non-hydrogen) atoms. The van der Waals surface area contributed by atoms with Crippen LogP contribution in [0, 0.1) is 0 Å². The van der Waals surface area contributed by atoms with Gasteiger partial charge in [-0.25, -0.2) is 0 Å². The van der Waals surface area contributed by atoms with E-state index in [1.165, 1.54) is 24.0 Å². The van der Waals surface area contributed by atoms with Crippen LogP contribution in [0.2, 0.25) is 0 Å². The van der Waals surface area contributed by atoms with E-state index in [0.717, 1.165) is 38.8 Å². The van der Waals surface area contributed by atoms with Crippen LogP contribution in [-0.2, 0) is 17.6 Å². The Labute approximate surface area is 128 Å². The monoisotopic (exact) mass is 289 g/mol. The molecule has 1 aromatic rings. The fraction of sp³-hybridized carbons (Fsp3) is 0.611. The van der Waals surface area contributed by atoms with Crippen LogP contribution in [0.5, 0.6) is 0 Å². The zero-order chi connectivity index (χ0) is 15.1. The van der Waals surface area contributed by atoms with Crippen LogP contribution >= 0.6 is 0 Å². The van der Waals surface area contributed by atoms with Gasteiger partial charge in [0.2, 0.25) is 0 Å². The Morgan fingerprint density at radius 1 is 1.24 bits per heavy atom. The van der Waals surface area contributed by atoms with Crippen molar-refractivity contribution in [3.63, 3.8) is 0 Å². The number of carboxylic acids is 1. The first-order chi connectivity index (χ1) is 10.2. The summed E-state index contributed by atoms with van der Waals surface area (Å²) in [4.78, 5) is 13.2. The van der Waals surface area contributed by atoms with Gasteiger partial charge < -0.3 is 10.0 Å². The third-order valence-corrected chi connectivity index (χ3v) is 4.43. The highest BCUT2D eigenvalue weighted by Gasteiger charge is 2.23. The molecule has 1 aromatic carbocycles. The van der Waals surface area contributed by atoms with E-state index in [4.69, 9.17) is 5.11 Å². The standard InChI is InChI=1S/C18H27NO2/c1-2-12-19(13-6-5-9-18(20)21)17-11-10-15-7-3-4-8-16(15)14-17/h3-4,7-8,17H,2,5-6,9-14H2,1H3,(H,20,21). The van der Waals surface area contributed by atoms with Gasteiger partial charge in [-0.2, -0.15) is 0 Å². The van der Waals surface area contributed by atoms with Crippen molar-refractivity contribution in [2.45, 2.75) is 57.9 Å². The molecular formula is C18H27NO2. The minimum Gasteiger partial charge on any atom is -0.481 e. The van der Waals surface area contributed by atoms with Crippen LogP contribution < -0.4 is 0 Å². The normalized spacial score (nSPS) is 17.7. The summed E-state index contributed by atoms with van der Waals surface area (Å²) in [6, 6.07) is 9.41. The minimum absolute atomic E-state index is 0.299. The number of aryl methyl sites for hydroxylation is 1. The molecule has 1 unspecified atom stereocenters. The summed E-state index contributed by atoms with van der Waals surface area (Å²) in [6.07, 6.45) is 6.80. The summed E-state index contributed by atoms with van der Waals surface area (Å²) in [5.41, 5.74) is 3.01. The highest BCUT2D eigenvalue weighted by molar-refractivity contribution is 5.66. The van der Waals surface area contributed by atoms with E-state index >= 15 is 0 Å². The Kier molecular flexibility index (Phi) is 6.24. The Balaban J connectivity index is 1.88. The molecule has 0 saturated carbocycles. The maximum absolute atomic E-state index is 10.6. The second-order valence-electron chi connectivity index (χ2n) is 6.05. The van der Waals surface area contributed by atoms with Crippen LogP contribution in [0.3, 0.4) is 0 Å². The lowest BCUT2D eigenvalue weighted by molar-refractivity contribution is -0.137. The molecule has 0 amide bonds. The molecule has 0 radical (unpaired) electrons. The van der Waals surface area contributed by atoms with Gasteiger partial charge in [-0.15, -0.1) is 0 Å². The number of unbranched alkanes of at least 4 members (excludes halogenated alkanes) is 1. The second kappa shape index (κ2) is 8.18. The average Bonchev–Trinajstić information content (AvgIpc) is 2.49. The van der Waals surface area contributed by atoms with Crippen molar-refractivity contribution < 1.29 is 9.90 Å². The molecule has 116 valence electrons. The zero-order valence-electron chi connectivity index (χ0n) is 13.1. The van der Waals surface area contributed by atoms with Crippen LogP contribution in [0.25, 0.3) is 0 Å². The van der Waals surface area contributed by atoms with Gasteiger partial charge >= 0.3 is 5.97 Å². The molecule has 3 nitrogen and oxygen atoms in total. The summed E-state index contributed by atoms with van der Waals surface area (Å²) in [6.45, 7) is 4.38. The third kappa shape index (κ3) is 4.85. The van der Waals surface area contributed by atoms with E-state index < -0.39 is 5.97 Å². The van der Waals surface area contributed by atoms with Crippen LogP contribution in [0.1, 0.15) is 50.2 Å². The second-order valence-corrected chi connectivity index (χ2v) is 6.05.